The van der Waals surface area contributed by atoms with Gasteiger partial charge in [0.2, 0.25) is 0 Å². The van der Waals surface area contributed by atoms with Crippen LogP contribution in [-0.2, 0) is 6.54 Å². The second kappa shape index (κ2) is 7.89. The maximum absolute atomic E-state index is 11.7. The highest BCUT2D eigenvalue weighted by molar-refractivity contribution is 7.20. The Hall–Kier alpha value is -2.64. The number of ether oxygens (including phenoxy) is 1. The van der Waals surface area contributed by atoms with E-state index in [1.807, 2.05) is 35.2 Å². The van der Waals surface area contributed by atoms with Gasteiger partial charge in [-0.1, -0.05) is 35.6 Å². The maximum Gasteiger partial charge on any atom is 0.315 e. The molecule has 2 N–H and O–H groups in total. The molecule has 2 bridgehead atoms. The summed E-state index contributed by atoms with van der Waals surface area (Å²) < 4.78 is 7.08. The first-order chi connectivity index (χ1) is 14.6. The van der Waals surface area contributed by atoms with E-state index in [2.05, 4.69) is 35.1 Å². The van der Waals surface area contributed by atoms with Crippen LogP contribution in [0.1, 0.15) is 31.2 Å². The number of thiazole rings is 1. The van der Waals surface area contributed by atoms with E-state index in [1.165, 1.54) is 5.56 Å². The van der Waals surface area contributed by atoms with Gasteiger partial charge in [0, 0.05) is 24.7 Å². The van der Waals surface area contributed by atoms with Gasteiger partial charge in [0.1, 0.15) is 5.75 Å². The minimum absolute atomic E-state index is 0.257. The Morgan fingerprint density at radius 2 is 1.87 bits per heavy atom. The SMILES string of the molecule is CN(Cc1ccc(Oc2nc3ccccc3s2)cc1)C1CC2CC[C@H](C1)N2C(N)=O. The Bertz CT molecular complexity index is 1000. The number of hydrogen-bond donors (Lipinski definition) is 1. The zero-order chi connectivity index (χ0) is 20.7. The number of nitrogens with two attached hydrogens (primary N) is 1. The van der Waals surface area contributed by atoms with E-state index >= 15 is 0 Å². The van der Waals surface area contributed by atoms with Gasteiger partial charge in [-0.2, -0.15) is 0 Å². The first-order valence-electron chi connectivity index (χ1n) is 10.5. The standard InChI is InChI=1S/C23H26N4O2S/c1-26(18-12-16-8-9-17(13-18)27(16)22(24)28)14-15-6-10-19(11-7-15)29-23-25-20-4-2-3-5-21(20)30-23/h2-7,10-11,16-18H,8-9,12-14H2,1H3,(H2,24,28)/t16-,17?,18?/m1/s1. The average Bonchev–Trinajstić information content (AvgIpc) is 3.26. The number of nitrogens with zero attached hydrogens (tertiary/aromatic N) is 3. The molecule has 7 heteroatoms. The van der Waals surface area contributed by atoms with Crippen LogP contribution >= 0.6 is 11.3 Å². The molecule has 1 aromatic heterocycles. The molecule has 0 aliphatic carbocycles. The van der Waals surface area contributed by atoms with Crippen LogP contribution in [0.15, 0.2) is 48.5 Å². The Kier molecular flexibility index (Phi) is 5.08. The lowest BCUT2D eigenvalue weighted by Crippen LogP contribution is -2.53. The van der Waals surface area contributed by atoms with Gasteiger partial charge in [-0.15, -0.1) is 0 Å². The lowest BCUT2D eigenvalue weighted by atomic mass is 9.96. The lowest BCUT2D eigenvalue weighted by Gasteiger charge is -2.41. The highest BCUT2D eigenvalue weighted by Crippen LogP contribution is 2.37. The van der Waals surface area contributed by atoms with E-state index in [0.29, 0.717) is 23.3 Å². The predicted molar refractivity (Wildman–Crippen MR) is 119 cm³/mol. The molecule has 0 saturated carbocycles. The molecule has 5 rings (SSSR count). The molecule has 6 nitrogen and oxygen atoms in total. The quantitative estimate of drug-likeness (QED) is 0.653. The van der Waals surface area contributed by atoms with Gasteiger partial charge >= 0.3 is 6.03 Å². The fraction of sp³-hybridized carbons (Fsp3) is 0.391. The highest BCUT2D eigenvalue weighted by atomic mass is 32.1. The van der Waals surface area contributed by atoms with E-state index < -0.39 is 0 Å². The number of amides is 2. The molecule has 0 spiro atoms. The summed E-state index contributed by atoms with van der Waals surface area (Å²) in [6, 6.07) is 17.1. The van der Waals surface area contributed by atoms with Crippen molar-refractivity contribution in [1.82, 2.24) is 14.8 Å². The number of aromatic nitrogens is 1. The minimum Gasteiger partial charge on any atom is -0.431 e. The monoisotopic (exact) mass is 422 g/mol. The van der Waals surface area contributed by atoms with Crippen LogP contribution < -0.4 is 10.5 Å². The Balaban J connectivity index is 1.20. The number of piperidine rings is 1. The van der Waals surface area contributed by atoms with Crippen molar-refractivity contribution in [1.29, 1.82) is 0 Å². The van der Waals surface area contributed by atoms with Crippen LogP contribution in [0.3, 0.4) is 0 Å². The molecule has 2 aliphatic rings. The molecule has 2 unspecified atom stereocenters. The van der Waals surface area contributed by atoms with Crippen LogP contribution in [0.25, 0.3) is 10.2 Å². The van der Waals surface area contributed by atoms with Gasteiger partial charge in [0.25, 0.3) is 5.19 Å². The number of rotatable bonds is 5. The van der Waals surface area contributed by atoms with Crippen LogP contribution in [-0.4, -0.2) is 46.0 Å². The molecule has 2 aliphatic heterocycles. The van der Waals surface area contributed by atoms with Gasteiger partial charge in [0.15, 0.2) is 0 Å². The van der Waals surface area contributed by atoms with E-state index in [4.69, 9.17) is 10.5 Å². The third kappa shape index (κ3) is 3.75. The summed E-state index contributed by atoms with van der Waals surface area (Å²) in [5.74, 6) is 0.799. The molecule has 3 atom stereocenters. The molecule has 2 fully saturated rings. The molecule has 3 aromatic rings. The third-order valence-corrected chi connectivity index (χ3v) is 7.34. The number of para-hydroxylation sites is 1. The molecule has 30 heavy (non-hydrogen) atoms. The summed E-state index contributed by atoms with van der Waals surface area (Å²) in [6.07, 6.45) is 4.18. The van der Waals surface area contributed by atoms with Crippen molar-refractivity contribution < 1.29 is 9.53 Å². The smallest absolute Gasteiger partial charge is 0.315 e. The van der Waals surface area contributed by atoms with E-state index in [9.17, 15) is 4.79 Å². The summed E-state index contributed by atoms with van der Waals surface area (Å²) in [5.41, 5.74) is 7.80. The Labute approximate surface area is 180 Å². The van der Waals surface area contributed by atoms with Crippen molar-refractivity contribution in [2.75, 3.05) is 7.05 Å². The van der Waals surface area contributed by atoms with Gasteiger partial charge in [-0.05, 0) is 62.6 Å². The average molecular weight is 423 g/mol. The molecule has 156 valence electrons. The fourth-order valence-corrected chi connectivity index (χ4v) is 5.78. The van der Waals surface area contributed by atoms with Crippen molar-refractivity contribution in [3.63, 3.8) is 0 Å². The summed E-state index contributed by atoms with van der Waals surface area (Å²) >= 11 is 1.56. The summed E-state index contributed by atoms with van der Waals surface area (Å²) in [7, 11) is 2.18. The number of primary amides is 1. The Morgan fingerprint density at radius 3 is 2.53 bits per heavy atom. The summed E-state index contributed by atoms with van der Waals surface area (Å²) in [4.78, 5) is 20.6. The van der Waals surface area contributed by atoms with Crippen LogP contribution in [0.5, 0.6) is 10.9 Å². The number of benzene rings is 2. The van der Waals surface area contributed by atoms with E-state index in [0.717, 1.165) is 48.2 Å². The summed E-state index contributed by atoms with van der Waals surface area (Å²) in [6.45, 7) is 0.877. The number of hydrogen-bond acceptors (Lipinski definition) is 5. The number of fused-ring (bicyclic) bond motifs is 3. The second-order valence-electron chi connectivity index (χ2n) is 8.36. The molecule has 2 amide bonds. The van der Waals surface area contributed by atoms with Crippen LogP contribution in [0, 0.1) is 0 Å². The minimum atomic E-state index is -0.257. The van der Waals surface area contributed by atoms with Gasteiger partial charge < -0.3 is 15.4 Å². The molecule has 3 heterocycles. The summed E-state index contributed by atoms with van der Waals surface area (Å²) in [5, 5.41) is 0.665. The van der Waals surface area contributed by atoms with Crippen LogP contribution in [0.4, 0.5) is 4.79 Å². The molecular formula is C23H26N4O2S. The molecular weight excluding hydrogens is 396 g/mol. The Morgan fingerprint density at radius 1 is 1.17 bits per heavy atom. The first-order valence-corrected chi connectivity index (χ1v) is 11.3. The van der Waals surface area contributed by atoms with E-state index in [1.54, 1.807) is 11.3 Å². The second-order valence-corrected chi connectivity index (χ2v) is 9.36. The van der Waals surface area contributed by atoms with Crippen molar-refractivity contribution in [2.24, 2.45) is 5.73 Å². The maximum atomic E-state index is 11.7. The van der Waals surface area contributed by atoms with Crippen molar-refractivity contribution >= 4 is 27.6 Å². The third-order valence-electron chi connectivity index (χ3n) is 6.42. The first kappa shape index (κ1) is 19.3. The van der Waals surface area contributed by atoms with Gasteiger partial charge in [-0.3, -0.25) is 4.90 Å². The molecule has 2 aromatic carbocycles. The normalized spacial score (nSPS) is 23.3. The van der Waals surface area contributed by atoms with Crippen molar-refractivity contribution in [2.45, 2.75) is 50.4 Å². The zero-order valence-electron chi connectivity index (χ0n) is 17.0. The number of carbonyl (C=O) groups excluding carboxylic acids is 1. The van der Waals surface area contributed by atoms with Crippen molar-refractivity contribution in [3.8, 4) is 10.9 Å². The number of urea groups is 1. The van der Waals surface area contributed by atoms with Gasteiger partial charge in [-0.25, -0.2) is 9.78 Å². The van der Waals surface area contributed by atoms with E-state index in [-0.39, 0.29) is 6.03 Å². The zero-order valence-corrected chi connectivity index (χ0v) is 17.8. The molecule has 0 radical (unpaired) electrons. The highest BCUT2D eigenvalue weighted by Gasteiger charge is 2.43. The predicted octanol–water partition coefficient (Wildman–Crippen LogP) is 4.59. The lowest BCUT2D eigenvalue weighted by molar-refractivity contribution is 0.0904. The topological polar surface area (TPSA) is 71.7 Å². The van der Waals surface area contributed by atoms with Gasteiger partial charge in [0.05, 0.1) is 10.2 Å². The fourth-order valence-electron chi connectivity index (χ4n) is 4.94. The largest absolute Gasteiger partial charge is 0.431 e. The molecule has 2 saturated heterocycles. The number of carbonyl (C=O) groups is 1. The van der Waals surface area contributed by atoms with Crippen molar-refractivity contribution in [3.05, 3.63) is 54.1 Å². The van der Waals surface area contributed by atoms with Crippen LogP contribution in [0.2, 0.25) is 0 Å².